The lowest BCUT2D eigenvalue weighted by molar-refractivity contribution is -0.127. The van der Waals surface area contributed by atoms with Crippen molar-refractivity contribution in [1.29, 1.82) is 0 Å². The third kappa shape index (κ3) is 7.83. The van der Waals surface area contributed by atoms with Crippen LogP contribution in [0.1, 0.15) is 64.6 Å². The number of rotatable bonds is 11. The van der Waals surface area contributed by atoms with Crippen molar-refractivity contribution >= 4 is 29.5 Å². The van der Waals surface area contributed by atoms with Crippen LogP contribution in [0.2, 0.25) is 5.02 Å². The molecule has 0 aliphatic carbocycles. The van der Waals surface area contributed by atoms with Crippen molar-refractivity contribution < 1.29 is 14.7 Å². The van der Waals surface area contributed by atoms with Crippen LogP contribution in [0, 0.1) is 12.8 Å². The number of carbonyl (C=O) groups excluding carboxylic acids is 2. The molecule has 3 N–H and O–H groups in total. The molecule has 224 valence electrons. The number of halogens is 1. The number of aryl methyl sites for hydroxylation is 1. The first kappa shape index (κ1) is 29.9. The SMILES string of the molecule is Cc1nnn(Cc2cc(Cl)ccc2/C=C/C(=O)N2CCC(C(CCCNC(=O)c3ccccc3O)c3c[nH]nn3)CC2)n1. The summed E-state index contributed by atoms with van der Waals surface area (Å²) in [5.74, 6) is 0.683. The minimum Gasteiger partial charge on any atom is -0.507 e. The van der Waals surface area contributed by atoms with Gasteiger partial charge in [0.2, 0.25) is 5.91 Å². The molecule has 1 saturated heterocycles. The molecule has 2 aromatic carbocycles. The molecule has 2 aromatic heterocycles. The maximum Gasteiger partial charge on any atom is 0.255 e. The summed E-state index contributed by atoms with van der Waals surface area (Å²) >= 11 is 6.23. The first-order valence-corrected chi connectivity index (χ1v) is 14.7. The Morgan fingerprint density at radius 1 is 1.19 bits per heavy atom. The Balaban J connectivity index is 1.15. The van der Waals surface area contributed by atoms with Crippen LogP contribution in [0.25, 0.3) is 6.08 Å². The Hall–Kier alpha value is -4.58. The summed E-state index contributed by atoms with van der Waals surface area (Å²) in [4.78, 5) is 28.9. The van der Waals surface area contributed by atoms with Crippen LogP contribution in [0.3, 0.4) is 0 Å². The summed E-state index contributed by atoms with van der Waals surface area (Å²) in [5.41, 5.74) is 2.91. The molecule has 3 heterocycles. The molecule has 0 saturated carbocycles. The largest absolute Gasteiger partial charge is 0.507 e. The second-order valence-corrected chi connectivity index (χ2v) is 11.1. The molecule has 1 aliphatic rings. The number of piperidine rings is 1. The van der Waals surface area contributed by atoms with Gasteiger partial charge < -0.3 is 15.3 Å². The zero-order valence-corrected chi connectivity index (χ0v) is 24.6. The number of nitrogens with one attached hydrogen (secondary N) is 2. The number of amides is 2. The smallest absolute Gasteiger partial charge is 0.255 e. The number of benzene rings is 2. The molecule has 1 aliphatic heterocycles. The highest BCUT2D eigenvalue weighted by Gasteiger charge is 2.30. The third-order valence-corrected chi connectivity index (χ3v) is 7.97. The summed E-state index contributed by atoms with van der Waals surface area (Å²) < 4.78 is 0. The first-order valence-electron chi connectivity index (χ1n) is 14.3. The highest BCUT2D eigenvalue weighted by atomic mass is 35.5. The number of nitrogens with zero attached hydrogens (tertiary/aromatic N) is 7. The van der Waals surface area contributed by atoms with E-state index in [1.54, 1.807) is 37.3 Å². The first-order chi connectivity index (χ1) is 20.9. The van der Waals surface area contributed by atoms with Crippen LogP contribution in [0.15, 0.2) is 54.7 Å². The zero-order chi connectivity index (χ0) is 30.2. The van der Waals surface area contributed by atoms with E-state index in [0.29, 0.717) is 42.9 Å². The predicted molar refractivity (Wildman–Crippen MR) is 160 cm³/mol. The number of phenols is 1. The van der Waals surface area contributed by atoms with Crippen molar-refractivity contribution in [2.24, 2.45) is 5.92 Å². The molecule has 12 nitrogen and oxygen atoms in total. The van der Waals surface area contributed by atoms with Gasteiger partial charge in [-0.25, -0.2) is 0 Å². The average Bonchev–Trinajstić information content (AvgIpc) is 3.69. The van der Waals surface area contributed by atoms with Crippen molar-refractivity contribution in [3.63, 3.8) is 0 Å². The quantitative estimate of drug-likeness (QED) is 0.173. The van der Waals surface area contributed by atoms with E-state index in [-0.39, 0.29) is 29.0 Å². The van der Waals surface area contributed by atoms with Gasteiger partial charge in [0.15, 0.2) is 5.82 Å². The topological polar surface area (TPSA) is 155 Å². The van der Waals surface area contributed by atoms with Crippen molar-refractivity contribution in [1.82, 2.24) is 45.8 Å². The number of H-pyrrole nitrogens is 1. The lowest BCUT2D eigenvalue weighted by Crippen LogP contribution is -2.39. The average molecular weight is 604 g/mol. The number of carbonyl (C=O) groups is 2. The molecular weight excluding hydrogens is 570 g/mol. The Kier molecular flexibility index (Phi) is 9.77. The minimum atomic E-state index is -0.299. The lowest BCUT2D eigenvalue weighted by Gasteiger charge is -2.35. The predicted octanol–water partition coefficient (Wildman–Crippen LogP) is 3.75. The fraction of sp³-hybridized carbons (Fsp3) is 0.367. The number of phenolic OH excluding ortho intramolecular Hbond substituents is 1. The van der Waals surface area contributed by atoms with Crippen LogP contribution in [0.5, 0.6) is 5.75 Å². The highest BCUT2D eigenvalue weighted by Crippen LogP contribution is 2.35. The molecule has 0 radical (unpaired) electrons. The van der Waals surface area contributed by atoms with Crippen LogP contribution in [0.4, 0.5) is 0 Å². The number of hydrogen-bond acceptors (Lipinski definition) is 8. The molecule has 0 spiro atoms. The van der Waals surface area contributed by atoms with E-state index in [1.165, 1.54) is 10.9 Å². The van der Waals surface area contributed by atoms with Crippen LogP contribution in [-0.4, -0.2) is 77.1 Å². The third-order valence-electron chi connectivity index (χ3n) is 7.74. The van der Waals surface area contributed by atoms with Crippen LogP contribution >= 0.6 is 11.6 Å². The van der Waals surface area contributed by atoms with E-state index in [9.17, 15) is 14.7 Å². The zero-order valence-electron chi connectivity index (χ0n) is 23.9. The Bertz CT molecular complexity index is 1560. The fourth-order valence-electron chi connectivity index (χ4n) is 5.51. The monoisotopic (exact) mass is 603 g/mol. The second kappa shape index (κ2) is 14.1. The van der Waals surface area contributed by atoms with E-state index >= 15 is 0 Å². The Morgan fingerprint density at radius 3 is 2.72 bits per heavy atom. The number of aromatic nitrogens is 7. The molecule has 4 aromatic rings. The van der Waals surface area contributed by atoms with Crippen LogP contribution < -0.4 is 5.32 Å². The molecule has 2 amide bonds. The van der Waals surface area contributed by atoms with Gasteiger partial charge in [0.25, 0.3) is 5.91 Å². The summed E-state index contributed by atoms with van der Waals surface area (Å²) in [6, 6.07) is 12.0. The van der Waals surface area contributed by atoms with E-state index in [4.69, 9.17) is 11.6 Å². The van der Waals surface area contributed by atoms with E-state index < -0.39 is 0 Å². The van der Waals surface area contributed by atoms with Gasteiger partial charge >= 0.3 is 0 Å². The van der Waals surface area contributed by atoms with Gasteiger partial charge in [0.05, 0.1) is 17.8 Å². The lowest BCUT2D eigenvalue weighted by atomic mass is 9.80. The van der Waals surface area contributed by atoms with Gasteiger partial charge in [-0.05, 0) is 85.2 Å². The molecule has 13 heteroatoms. The molecular formula is C30H34ClN9O3. The number of aromatic amines is 1. The number of aromatic hydroxyl groups is 1. The summed E-state index contributed by atoms with van der Waals surface area (Å²) in [6.07, 6.45) is 8.47. The maximum atomic E-state index is 13.1. The second-order valence-electron chi connectivity index (χ2n) is 10.6. The number of hydrogen-bond donors (Lipinski definition) is 3. The van der Waals surface area contributed by atoms with Gasteiger partial charge in [0.1, 0.15) is 5.75 Å². The fourth-order valence-corrected chi connectivity index (χ4v) is 5.70. The molecule has 1 unspecified atom stereocenters. The van der Waals surface area contributed by atoms with Gasteiger partial charge in [-0.15, -0.1) is 15.3 Å². The summed E-state index contributed by atoms with van der Waals surface area (Å²) in [7, 11) is 0. The van der Waals surface area contributed by atoms with Gasteiger partial charge in [0, 0.05) is 42.8 Å². The molecule has 1 atom stereocenters. The van der Waals surface area contributed by atoms with Crippen molar-refractivity contribution in [2.75, 3.05) is 19.6 Å². The van der Waals surface area contributed by atoms with Crippen molar-refractivity contribution in [2.45, 2.75) is 45.1 Å². The highest BCUT2D eigenvalue weighted by molar-refractivity contribution is 6.30. The summed E-state index contributed by atoms with van der Waals surface area (Å²) in [5, 5.41) is 36.6. The Morgan fingerprint density at radius 2 is 2.00 bits per heavy atom. The van der Waals surface area contributed by atoms with Gasteiger partial charge in [-0.3, -0.25) is 14.7 Å². The van der Waals surface area contributed by atoms with Gasteiger partial charge in [-0.2, -0.15) is 4.80 Å². The van der Waals surface area contributed by atoms with Crippen molar-refractivity contribution in [3.05, 3.63) is 88.0 Å². The van der Waals surface area contributed by atoms with E-state index in [2.05, 4.69) is 36.1 Å². The Labute approximate surface area is 254 Å². The molecule has 0 bridgehead atoms. The molecule has 1 fully saturated rings. The standard InChI is InChI=1S/C30H34ClN9O3/c1-20-34-38-40(36-20)19-23-17-24(31)10-8-21(23)9-11-29(42)39-15-12-22(13-16-39)25(27-18-33-37-35-27)6-4-14-32-30(43)26-5-2-3-7-28(26)41/h2-3,5,7-11,17-18,22,25,41H,4,6,12-16,19H2,1H3,(H,32,43)(H,33,35,37)/b11-9+. The number of tetrazole rings is 1. The normalized spacial score (nSPS) is 14.7. The maximum absolute atomic E-state index is 13.1. The summed E-state index contributed by atoms with van der Waals surface area (Å²) in [6.45, 7) is 3.92. The van der Waals surface area contributed by atoms with Gasteiger partial charge in [-0.1, -0.05) is 35.0 Å². The minimum absolute atomic E-state index is 0.0376. The van der Waals surface area contributed by atoms with Crippen molar-refractivity contribution in [3.8, 4) is 5.75 Å². The molecule has 5 rings (SSSR count). The van der Waals surface area contributed by atoms with E-state index in [0.717, 1.165) is 42.5 Å². The number of likely N-dealkylation sites (tertiary alicyclic amines) is 1. The number of para-hydroxylation sites is 1. The van der Waals surface area contributed by atoms with Crippen LogP contribution in [-0.2, 0) is 11.3 Å². The molecule has 43 heavy (non-hydrogen) atoms. The van der Waals surface area contributed by atoms with E-state index in [1.807, 2.05) is 29.3 Å².